The van der Waals surface area contributed by atoms with Gasteiger partial charge < -0.3 is 9.59 Å². The van der Waals surface area contributed by atoms with Gasteiger partial charge in [-0.3, -0.25) is 0 Å². The molecule has 0 aromatic heterocycles. The lowest BCUT2D eigenvalue weighted by molar-refractivity contribution is 0.364. The highest BCUT2D eigenvalue weighted by molar-refractivity contribution is 6.63. The van der Waals surface area contributed by atoms with Gasteiger partial charge in [0.05, 0.1) is 0 Å². The third-order valence-corrected chi connectivity index (χ3v) is 4.52. The van der Waals surface area contributed by atoms with Gasteiger partial charge in [-0.05, 0) is 37.8 Å². The summed E-state index contributed by atoms with van der Waals surface area (Å²) >= 11 is 12.3. The van der Waals surface area contributed by atoms with E-state index in [-0.39, 0.29) is 0 Å². The van der Waals surface area contributed by atoms with Gasteiger partial charge in [0.25, 0.3) is 0 Å². The van der Waals surface area contributed by atoms with Crippen LogP contribution >= 0.6 is 23.2 Å². The van der Waals surface area contributed by atoms with Crippen molar-refractivity contribution in [1.82, 2.24) is 0 Å². The summed E-state index contributed by atoms with van der Waals surface area (Å²) < 4.78 is -0.713. The highest BCUT2D eigenvalue weighted by Gasteiger charge is 2.28. The quantitative estimate of drug-likeness (QED) is 0.551. The SMILES string of the molecule is CCC(C)CC(Cl)(Cl)CCC[Si](C)(O)O. The molecule has 0 rings (SSSR count). The van der Waals surface area contributed by atoms with Crippen LogP contribution in [0.4, 0.5) is 0 Å². The average molecular weight is 273 g/mol. The number of halogens is 2. The zero-order valence-corrected chi connectivity index (χ0v) is 12.3. The maximum absolute atomic E-state index is 9.25. The van der Waals surface area contributed by atoms with Crippen molar-refractivity contribution in [2.24, 2.45) is 5.92 Å². The van der Waals surface area contributed by atoms with Crippen LogP contribution in [0.3, 0.4) is 0 Å². The molecule has 0 fully saturated rings. The Bertz CT molecular complexity index is 181. The van der Waals surface area contributed by atoms with Crippen LogP contribution in [0.2, 0.25) is 12.6 Å². The minimum absolute atomic E-state index is 0.439. The molecular formula is C10H22Cl2O2Si. The van der Waals surface area contributed by atoms with Crippen LogP contribution < -0.4 is 0 Å². The molecule has 0 saturated heterocycles. The van der Waals surface area contributed by atoms with Crippen molar-refractivity contribution in [3.8, 4) is 0 Å². The fourth-order valence-electron chi connectivity index (χ4n) is 1.44. The zero-order valence-electron chi connectivity index (χ0n) is 9.76. The van der Waals surface area contributed by atoms with E-state index in [1.807, 2.05) is 0 Å². The van der Waals surface area contributed by atoms with Crippen molar-refractivity contribution in [2.45, 2.75) is 56.5 Å². The van der Waals surface area contributed by atoms with Gasteiger partial charge in [0.15, 0.2) is 0 Å². The van der Waals surface area contributed by atoms with Crippen LogP contribution in [0, 0.1) is 5.92 Å². The van der Waals surface area contributed by atoms with Gasteiger partial charge in [0.2, 0.25) is 0 Å². The largest absolute Gasteiger partial charge is 0.411 e. The second-order valence-corrected chi connectivity index (χ2v) is 9.22. The van der Waals surface area contributed by atoms with Crippen LogP contribution in [-0.2, 0) is 0 Å². The maximum atomic E-state index is 9.25. The Morgan fingerprint density at radius 3 is 2.27 bits per heavy atom. The van der Waals surface area contributed by atoms with Crippen molar-refractivity contribution in [1.29, 1.82) is 0 Å². The molecule has 0 bridgehead atoms. The van der Waals surface area contributed by atoms with E-state index in [1.165, 1.54) is 6.55 Å². The summed E-state index contributed by atoms with van der Waals surface area (Å²) in [5.41, 5.74) is 0. The van der Waals surface area contributed by atoms with E-state index in [1.54, 1.807) is 0 Å². The molecule has 0 aliphatic rings. The lowest BCUT2D eigenvalue weighted by Gasteiger charge is -2.23. The fraction of sp³-hybridized carbons (Fsp3) is 1.00. The molecule has 0 aromatic carbocycles. The van der Waals surface area contributed by atoms with Gasteiger partial charge in [-0.25, -0.2) is 0 Å². The van der Waals surface area contributed by atoms with Gasteiger partial charge in [-0.2, -0.15) is 0 Å². The van der Waals surface area contributed by atoms with Gasteiger partial charge in [-0.1, -0.05) is 20.3 Å². The Morgan fingerprint density at radius 2 is 1.87 bits per heavy atom. The normalized spacial score (nSPS) is 15.4. The molecule has 0 amide bonds. The number of hydrogen-bond donors (Lipinski definition) is 2. The van der Waals surface area contributed by atoms with Crippen molar-refractivity contribution in [2.75, 3.05) is 0 Å². The molecule has 0 spiro atoms. The molecule has 2 N–H and O–H groups in total. The summed E-state index contributed by atoms with van der Waals surface area (Å²) in [4.78, 5) is 18.5. The topological polar surface area (TPSA) is 40.5 Å². The lowest BCUT2D eigenvalue weighted by Crippen LogP contribution is -2.30. The average Bonchev–Trinajstić information content (AvgIpc) is 2.00. The fourth-order valence-corrected chi connectivity index (χ4v) is 3.08. The molecule has 0 aliphatic carbocycles. The molecule has 2 nitrogen and oxygen atoms in total. The van der Waals surface area contributed by atoms with Crippen LogP contribution in [0.25, 0.3) is 0 Å². The lowest BCUT2D eigenvalue weighted by atomic mass is 10.0. The molecule has 0 heterocycles. The van der Waals surface area contributed by atoms with Crippen molar-refractivity contribution < 1.29 is 9.59 Å². The summed E-state index contributed by atoms with van der Waals surface area (Å²) in [5, 5.41) is 0. The monoisotopic (exact) mass is 272 g/mol. The first-order chi connectivity index (χ1) is 6.66. The standard InChI is InChI=1S/C10H22Cl2O2Si/c1-4-9(2)8-10(11,12)6-5-7-15(3,13)14/h9,13-14H,4-8H2,1-3H3. The molecule has 15 heavy (non-hydrogen) atoms. The Hall–Kier alpha value is 0.717. The molecule has 1 unspecified atom stereocenters. The second kappa shape index (κ2) is 6.45. The third-order valence-electron chi connectivity index (χ3n) is 2.54. The Kier molecular flexibility index (Phi) is 6.76. The summed E-state index contributed by atoms with van der Waals surface area (Å²) in [7, 11) is -2.92. The van der Waals surface area contributed by atoms with Crippen LogP contribution in [-0.4, -0.2) is 22.5 Å². The number of alkyl halides is 2. The maximum Gasteiger partial charge on any atom is 0.329 e. The van der Waals surface area contributed by atoms with Crippen LogP contribution in [0.5, 0.6) is 0 Å². The highest BCUT2D eigenvalue weighted by atomic mass is 35.5. The number of rotatable bonds is 7. The van der Waals surface area contributed by atoms with Gasteiger partial charge >= 0.3 is 8.56 Å². The predicted molar refractivity (Wildman–Crippen MR) is 68.6 cm³/mol. The van der Waals surface area contributed by atoms with E-state index in [0.29, 0.717) is 24.8 Å². The Labute approximate surface area is 104 Å². The Morgan fingerprint density at radius 1 is 1.33 bits per heavy atom. The zero-order chi connectivity index (χ0) is 12.1. The summed E-state index contributed by atoms with van der Waals surface area (Å²) in [6.45, 7) is 5.74. The minimum Gasteiger partial charge on any atom is -0.411 e. The predicted octanol–water partition coefficient (Wildman–Crippen LogP) is 3.43. The van der Waals surface area contributed by atoms with E-state index < -0.39 is 12.9 Å². The molecule has 0 saturated carbocycles. The molecule has 92 valence electrons. The van der Waals surface area contributed by atoms with Crippen LogP contribution in [0.1, 0.15) is 39.5 Å². The first kappa shape index (κ1) is 15.7. The molecule has 0 aromatic rings. The molecule has 5 heteroatoms. The number of hydrogen-bond acceptors (Lipinski definition) is 2. The van der Waals surface area contributed by atoms with Crippen molar-refractivity contribution in [3.63, 3.8) is 0 Å². The molecule has 0 radical (unpaired) electrons. The van der Waals surface area contributed by atoms with Gasteiger partial charge in [-0.15, -0.1) is 23.2 Å². The van der Waals surface area contributed by atoms with E-state index in [2.05, 4.69) is 13.8 Å². The third kappa shape index (κ3) is 9.63. The summed E-state index contributed by atoms with van der Waals surface area (Å²) in [6.07, 6.45) is 3.14. The molecule has 0 aliphatic heterocycles. The minimum atomic E-state index is -2.92. The van der Waals surface area contributed by atoms with Gasteiger partial charge in [0.1, 0.15) is 4.33 Å². The Balaban J connectivity index is 3.84. The summed E-state index contributed by atoms with van der Waals surface area (Å²) in [5.74, 6) is 0.506. The van der Waals surface area contributed by atoms with E-state index in [0.717, 1.165) is 12.8 Å². The molecule has 1 atom stereocenters. The highest BCUT2D eigenvalue weighted by Crippen LogP contribution is 2.35. The van der Waals surface area contributed by atoms with Crippen molar-refractivity contribution >= 4 is 31.8 Å². The van der Waals surface area contributed by atoms with Crippen molar-refractivity contribution in [3.05, 3.63) is 0 Å². The molecular weight excluding hydrogens is 251 g/mol. The second-order valence-electron chi connectivity index (χ2n) is 4.64. The van der Waals surface area contributed by atoms with Crippen LogP contribution in [0.15, 0.2) is 0 Å². The van der Waals surface area contributed by atoms with E-state index in [4.69, 9.17) is 23.2 Å². The summed E-state index contributed by atoms with van der Waals surface area (Å²) in [6, 6.07) is 0.439. The first-order valence-electron chi connectivity index (χ1n) is 5.49. The smallest absolute Gasteiger partial charge is 0.329 e. The van der Waals surface area contributed by atoms with Gasteiger partial charge in [0, 0.05) is 0 Å². The van der Waals surface area contributed by atoms with E-state index >= 15 is 0 Å². The van der Waals surface area contributed by atoms with E-state index in [9.17, 15) is 9.59 Å². The first-order valence-corrected chi connectivity index (χ1v) is 8.84.